The predicted molar refractivity (Wildman–Crippen MR) is 121 cm³/mol. The van der Waals surface area contributed by atoms with Crippen LogP contribution in [0.5, 0.6) is 0 Å². The number of nitrogens with zero attached hydrogens (tertiary/aromatic N) is 5. The molecule has 31 heavy (non-hydrogen) atoms. The molecule has 1 N–H and O–H groups in total. The van der Waals surface area contributed by atoms with Crippen molar-refractivity contribution in [2.75, 3.05) is 18.4 Å². The summed E-state index contributed by atoms with van der Waals surface area (Å²) in [5.74, 6) is 0.316. The van der Waals surface area contributed by atoms with Gasteiger partial charge in [0.1, 0.15) is 5.82 Å². The fourth-order valence-electron chi connectivity index (χ4n) is 4.00. The standard InChI is InChI=1S/C24H24N6O/c1-29-16-20(14-26-29)21-8-7-19-13-25-23(12-22(19)27-21)28-24(31)18-6-4-5-17(11-18)15-30-9-2-3-10-30/h4-8,11-14,16H,2-3,9-10,15H2,1H3,(H,25,28,31). The Balaban J connectivity index is 1.35. The largest absolute Gasteiger partial charge is 0.307 e. The summed E-state index contributed by atoms with van der Waals surface area (Å²) in [4.78, 5) is 24.4. The third-order valence-electron chi connectivity index (χ3n) is 5.61. The van der Waals surface area contributed by atoms with Crippen LogP contribution in [0.1, 0.15) is 28.8 Å². The van der Waals surface area contributed by atoms with E-state index in [1.807, 2.05) is 43.6 Å². The molecule has 0 bridgehead atoms. The topological polar surface area (TPSA) is 75.9 Å². The molecule has 0 spiro atoms. The summed E-state index contributed by atoms with van der Waals surface area (Å²) in [6.45, 7) is 3.15. The van der Waals surface area contributed by atoms with E-state index in [0.29, 0.717) is 11.4 Å². The van der Waals surface area contributed by atoms with Crippen molar-refractivity contribution in [2.45, 2.75) is 19.4 Å². The Kier molecular flexibility index (Phi) is 5.18. The molecule has 5 rings (SSSR count). The Morgan fingerprint density at radius 1 is 1.10 bits per heavy atom. The predicted octanol–water partition coefficient (Wildman–Crippen LogP) is 3.88. The summed E-state index contributed by atoms with van der Waals surface area (Å²) in [5.41, 5.74) is 4.34. The van der Waals surface area contributed by atoms with Gasteiger partial charge in [0.25, 0.3) is 5.91 Å². The first-order chi connectivity index (χ1) is 15.1. The summed E-state index contributed by atoms with van der Waals surface area (Å²) in [6, 6.07) is 13.6. The van der Waals surface area contributed by atoms with Crippen molar-refractivity contribution in [3.05, 3.63) is 72.2 Å². The lowest BCUT2D eigenvalue weighted by molar-refractivity contribution is 0.102. The second-order valence-corrected chi connectivity index (χ2v) is 8.00. The van der Waals surface area contributed by atoms with Crippen LogP contribution in [-0.2, 0) is 13.6 Å². The molecule has 0 atom stereocenters. The van der Waals surface area contributed by atoms with Crippen LogP contribution in [0, 0.1) is 0 Å². The first-order valence-electron chi connectivity index (χ1n) is 10.5. The molecule has 156 valence electrons. The summed E-state index contributed by atoms with van der Waals surface area (Å²) < 4.78 is 1.75. The summed E-state index contributed by atoms with van der Waals surface area (Å²) in [7, 11) is 1.88. The molecule has 1 saturated heterocycles. The average Bonchev–Trinajstić information content (AvgIpc) is 3.45. The van der Waals surface area contributed by atoms with Crippen LogP contribution < -0.4 is 5.32 Å². The van der Waals surface area contributed by atoms with Crippen LogP contribution in [0.25, 0.3) is 22.2 Å². The van der Waals surface area contributed by atoms with Gasteiger partial charge in [-0.15, -0.1) is 0 Å². The number of pyridine rings is 2. The van der Waals surface area contributed by atoms with E-state index in [2.05, 4.69) is 26.4 Å². The number of nitrogens with one attached hydrogen (secondary N) is 1. The van der Waals surface area contributed by atoms with Gasteiger partial charge in [-0.3, -0.25) is 14.4 Å². The minimum atomic E-state index is -0.168. The fourth-order valence-corrected chi connectivity index (χ4v) is 4.00. The van der Waals surface area contributed by atoms with Gasteiger partial charge in [0.2, 0.25) is 0 Å². The smallest absolute Gasteiger partial charge is 0.256 e. The highest BCUT2D eigenvalue weighted by molar-refractivity contribution is 6.04. The zero-order valence-electron chi connectivity index (χ0n) is 17.5. The van der Waals surface area contributed by atoms with Gasteiger partial charge in [-0.1, -0.05) is 12.1 Å². The van der Waals surface area contributed by atoms with E-state index in [4.69, 9.17) is 4.98 Å². The number of carbonyl (C=O) groups excluding carboxylic acids is 1. The van der Waals surface area contributed by atoms with Crippen molar-refractivity contribution in [1.82, 2.24) is 24.6 Å². The van der Waals surface area contributed by atoms with Crippen LogP contribution in [0.3, 0.4) is 0 Å². The van der Waals surface area contributed by atoms with Crippen LogP contribution in [0.2, 0.25) is 0 Å². The maximum atomic E-state index is 12.8. The highest BCUT2D eigenvalue weighted by Crippen LogP contribution is 2.22. The molecule has 1 aromatic carbocycles. The van der Waals surface area contributed by atoms with Crippen LogP contribution >= 0.6 is 0 Å². The number of hydrogen-bond acceptors (Lipinski definition) is 5. The highest BCUT2D eigenvalue weighted by Gasteiger charge is 2.14. The molecule has 0 unspecified atom stereocenters. The first kappa shape index (κ1) is 19.4. The maximum Gasteiger partial charge on any atom is 0.256 e. The van der Waals surface area contributed by atoms with Crippen molar-refractivity contribution in [3.63, 3.8) is 0 Å². The number of likely N-dealkylation sites (tertiary alicyclic amines) is 1. The molecule has 1 fully saturated rings. The van der Waals surface area contributed by atoms with Crippen LogP contribution in [0.4, 0.5) is 5.82 Å². The van der Waals surface area contributed by atoms with E-state index in [9.17, 15) is 4.79 Å². The van der Waals surface area contributed by atoms with Gasteiger partial charge in [-0.05, 0) is 55.8 Å². The number of carbonyl (C=O) groups is 1. The Morgan fingerprint density at radius 2 is 1.97 bits per heavy atom. The Labute approximate surface area is 180 Å². The molecule has 3 aromatic heterocycles. The number of benzene rings is 1. The van der Waals surface area contributed by atoms with Crippen molar-refractivity contribution >= 4 is 22.6 Å². The molecule has 0 saturated carbocycles. The van der Waals surface area contributed by atoms with Gasteiger partial charge in [-0.2, -0.15) is 5.10 Å². The Morgan fingerprint density at radius 3 is 2.77 bits per heavy atom. The van der Waals surface area contributed by atoms with Gasteiger partial charge < -0.3 is 5.32 Å². The van der Waals surface area contributed by atoms with Crippen LogP contribution in [-0.4, -0.2) is 43.6 Å². The molecule has 1 amide bonds. The number of rotatable bonds is 5. The van der Waals surface area contributed by atoms with Gasteiger partial charge in [0, 0.05) is 48.6 Å². The van der Waals surface area contributed by atoms with Crippen LogP contribution in [0.15, 0.2) is 61.1 Å². The monoisotopic (exact) mass is 412 g/mol. The van der Waals surface area contributed by atoms with E-state index in [1.165, 1.54) is 12.8 Å². The molecule has 0 radical (unpaired) electrons. The third kappa shape index (κ3) is 4.32. The zero-order valence-corrected chi connectivity index (χ0v) is 17.5. The second kappa shape index (κ2) is 8.28. The van der Waals surface area contributed by atoms with E-state index in [-0.39, 0.29) is 5.91 Å². The average molecular weight is 412 g/mol. The number of hydrogen-bond donors (Lipinski definition) is 1. The van der Waals surface area contributed by atoms with E-state index < -0.39 is 0 Å². The number of fused-ring (bicyclic) bond motifs is 1. The molecular weight excluding hydrogens is 388 g/mol. The molecule has 0 aliphatic carbocycles. The Bertz CT molecular complexity index is 1240. The minimum Gasteiger partial charge on any atom is -0.307 e. The van der Waals surface area contributed by atoms with Crippen molar-refractivity contribution in [3.8, 4) is 11.3 Å². The maximum absolute atomic E-state index is 12.8. The summed E-state index contributed by atoms with van der Waals surface area (Å²) in [6.07, 6.45) is 7.95. The molecule has 4 heterocycles. The SMILES string of the molecule is Cn1cc(-c2ccc3cnc(NC(=O)c4cccc(CN5CCCC5)c4)cc3n2)cn1. The lowest BCUT2D eigenvalue weighted by atomic mass is 10.1. The van der Waals surface area contributed by atoms with Crippen molar-refractivity contribution in [2.24, 2.45) is 7.05 Å². The molecule has 1 aliphatic heterocycles. The third-order valence-corrected chi connectivity index (χ3v) is 5.61. The lowest BCUT2D eigenvalue weighted by Gasteiger charge is -2.15. The zero-order chi connectivity index (χ0) is 21.2. The minimum absolute atomic E-state index is 0.168. The normalized spacial score (nSPS) is 14.2. The number of aromatic nitrogens is 4. The Hall–Kier alpha value is -3.58. The highest BCUT2D eigenvalue weighted by atomic mass is 16.1. The first-order valence-corrected chi connectivity index (χ1v) is 10.5. The lowest BCUT2D eigenvalue weighted by Crippen LogP contribution is -2.19. The quantitative estimate of drug-likeness (QED) is 0.538. The molecule has 1 aliphatic rings. The number of aryl methyl sites for hydroxylation is 1. The van der Waals surface area contributed by atoms with Gasteiger partial charge >= 0.3 is 0 Å². The fraction of sp³-hybridized carbons (Fsp3) is 0.250. The number of amides is 1. The summed E-state index contributed by atoms with van der Waals surface area (Å²) in [5, 5.41) is 8.04. The number of anilines is 1. The van der Waals surface area contributed by atoms with E-state index in [1.54, 1.807) is 23.1 Å². The summed E-state index contributed by atoms with van der Waals surface area (Å²) >= 11 is 0. The van der Waals surface area contributed by atoms with E-state index >= 15 is 0 Å². The molecule has 4 aromatic rings. The van der Waals surface area contributed by atoms with Gasteiger partial charge in [-0.25, -0.2) is 9.97 Å². The van der Waals surface area contributed by atoms with Crippen molar-refractivity contribution in [1.29, 1.82) is 0 Å². The van der Waals surface area contributed by atoms with Gasteiger partial charge in [0.05, 0.1) is 17.4 Å². The molecule has 7 heteroatoms. The van der Waals surface area contributed by atoms with E-state index in [0.717, 1.165) is 47.4 Å². The molecule has 7 nitrogen and oxygen atoms in total. The second-order valence-electron chi connectivity index (χ2n) is 8.00. The van der Waals surface area contributed by atoms with Gasteiger partial charge in [0.15, 0.2) is 0 Å². The molecular formula is C24H24N6O. The van der Waals surface area contributed by atoms with Crippen molar-refractivity contribution < 1.29 is 4.79 Å².